The lowest BCUT2D eigenvalue weighted by molar-refractivity contribution is -0.127. The fourth-order valence-electron chi connectivity index (χ4n) is 5.15. The second-order valence-electron chi connectivity index (χ2n) is 9.20. The zero-order chi connectivity index (χ0) is 20.8. The molecule has 0 spiro atoms. The molecule has 1 atom stereocenters. The molecular weight excluding hydrogens is 378 g/mol. The van der Waals surface area contributed by atoms with E-state index in [1.807, 2.05) is 12.1 Å². The minimum atomic E-state index is 0.178. The highest BCUT2D eigenvalue weighted by Crippen LogP contribution is 2.25. The van der Waals surface area contributed by atoms with Crippen LogP contribution in [0.3, 0.4) is 0 Å². The molecule has 6 heteroatoms. The molecule has 4 heterocycles. The molecule has 1 aromatic heterocycles. The van der Waals surface area contributed by atoms with Gasteiger partial charge in [0.2, 0.25) is 5.91 Å². The zero-order valence-electron chi connectivity index (χ0n) is 18.4. The average molecular weight is 416 g/mol. The molecule has 30 heavy (non-hydrogen) atoms. The van der Waals surface area contributed by atoms with Crippen molar-refractivity contribution in [2.75, 3.05) is 45.9 Å². The van der Waals surface area contributed by atoms with Crippen LogP contribution in [-0.4, -0.2) is 73.7 Å². The number of furan rings is 1. The fourth-order valence-corrected chi connectivity index (χ4v) is 5.15. The summed E-state index contributed by atoms with van der Waals surface area (Å²) in [5.74, 6) is 1.35. The number of carbonyl (C=O) groups is 1. The summed E-state index contributed by atoms with van der Waals surface area (Å²) < 4.78 is 11.0. The van der Waals surface area contributed by atoms with Gasteiger partial charge in [-0.3, -0.25) is 9.69 Å². The molecule has 3 fully saturated rings. The Kier molecular flexibility index (Phi) is 7.63. The highest BCUT2D eigenvalue weighted by atomic mass is 16.5. The third-order valence-electron chi connectivity index (χ3n) is 6.91. The molecule has 0 saturated carbocycles. The number of piperidine rings is 2. The SMILES string of the molecule is CC(=Cc1ccco1)CN1CCC(N2CCC(C(=O)NCC3CCCO3)CC2)CC1. The van der Waals surface area contributed by atoms with Crippen molar-refractivity contribution in [1.29, 1.82) is 0 Å². The minimum absolute atomic E-state index is 0.178. The monoisotopic (exact) mass is 415 g/mol. The Morgan fingerprint density at radius 3 is 2.63 bits per heavy atom. The second kappa shape index (κ2) is 10.6. The van der Waals surface area contributed by atoms with E-state index in [1.54, 1.807) is 6.26 Å². The van der Waals surface area contributed by atoms with Gasteiger partial charge in [0.05, 0.1) is 12.4 Å². The van der Waals surface area contributed by atoms with E-state index in [9.17, 15) is 4.79 Å². The van der Waals surface area contributed by atoms with Crippen molar-refractivity contribution in [3.63, 3.8) is 0 Å². The summed E-state index contributed by atoms with van der Waals surface area (Å²) >= 11 is 0. The third kappa shape index (κ3) is 5.96. The number of carbonyl (C=O) groups excluding carboxylic acids is 1. The number of nitrogens with one attached hydrogen (secondary N) is 1. The normalized spacial score (nSPS) is 25.6. The third-order valence-corrected chi connectivity index (χ3v) is 6.91. The fraction of sp³-hybridized carbons (Fsp3) is 0.708. The summed E-state index contributed by atoms with van der Waals surface area (Å²) in [6.45, 7) is 9.14. The maximum absolute atomic E-state index is 12.5. The molecule has 3 aliphatic heterocycles. The van der Waals surface area contributed by atoms with Crippen LogP contribution in [0.4, 0.5) is 0 Å². The van der Waals surface area contributed by atoms with Gasteiger partial charge in [0.1, 0.15) is 5.76 Å². The van der Waals surface area contributed by atoms with Crippen LogP contribution in [-0.2, 0) is 9.53 Å². The number of ether oxygens (including phenoxy) is 1. The largest absolute Gasteiger partial charge is 0.465 e. The molecule has 1 amide bonds. The summed E-state index contributed by atoms with van der Waals surface area (Å²) in [6.07, 6.45) is 10.7. The van der Waals surface area contributed by atoms with E-state index < -0.39 is 0 Å². The van der Waals surface area contributed by atoms with Crippen molar-refractivity contribution in [1.82, 2.24) is 15.1 Å². The highest BCUT2D eigenvalue weighted by molar-refractivity contribution is 5.78. The van der Waals surface area contributed by atoms with Crippen molar-refractivity contribution in [3.8, 4) is 0 Å². The average Bonchev–Trinajstić information content (AvgIpc) is 3.47. The Morgan fingerprint density at radius 1 is 1.17 bits per heavy atom. The Hall–Kier alpha value is -1.63. The molecule has 3 aliphatic rings. The van der Waals surface area contributed by atoms with Crippen molar-refractivity contribution in [3.05, 3.63) is 29.7 Å². The van der Waals surface area contributed by atoms with E-state index in [1.165, 1.54) is 18.4 Å². The number of nitrogens with zero attached hydrogens (tertiary/aromatic N) is 2. The summed E-state index contributed by atoms with van der Waals surface area (Å²) in [5.41, 5.74) is 1.35. The van der Waals surface area contributed by atoms with Crippen LogP contribution in [0.5, 0.6) is 0 Å². The van der Waals surface area contributed by atoms with Gasteiger partial charge in [-0.05, 0) is 89.8 Å². The number of likely N-dealkylation sites (tertiary alicyclic amines) is 2. The van der Waals surface area contributed by atoms with Crippen LogP contribution >= 0.6 is 0 Å². The van der Waals surface area contributed by atoms with Gasteiger partial charge in [-0.2, -0.15) is 0 Å². The van der Waals surface area contributed by atoms with Crippen LogP contribution < -0.4 is 5.32 Å². The summed E-state index contributed by atoms with van der Waals surface area (Å²) in [4.78, 5) is 17.7. The van der Waals surface area contributed by atoms with E-state index in [0.29, 0.717) is 12.6 Å². The standard InChI is InChI=1S/C24H37N3O3/c1-19(16-22-4-2-14-29-22)18-26-10-8-21(9-11-26)27-12-6-20(7-13-27)24(28)25-17-23-5-3-15-30-23/h2,4,14,16,20-21,23H,3,5-13,15,17-18H2,1H3,(H,25,28). The van der Waals surface area contributed by atoms with Crippen molar-refractivity contribution in [2.45, 2.75) is 57.6 Å². The molecule has 1 N–H and O–H groups in total. The molecule has 0 aromatic carbocycles. The van der Waals surface area contributed by atoms with Gasteiger partial charge < -0.3 is 19.4 Å². The van der Waals surface area contributed by atoms with Crippen molar-refractivity contribution < 1.29 is 13.9 Å². The van der Waals surface area contributed by atoms with Crippen LogP contribution in [0.15, 0.2) is 28.4 Å². The minimum Gasteiger partial charge on any atom is -0.465 e. The molecule has 3 saturated heterocycles. The van der Waals surface area contributed by atoms with E-state index in [-0.39, 0.29) is 17.9 Å². The molecule has 4 rings (SSSR count). The zero-order valence-corrected chi connectivity index (χ0v) is 18.4. The molecule has 1 unspecified atom stereocenters. The predicted octanol–water partition coefficient (Wildman–Crippen LogP) is 3.15. The Balaban J connectivity index is 1.14. The van der Waals surface area contributed by atoms with E-state index >= 15 is 0 Å². The number of hydrogen-bond donors (Lipinski definition) is 1. The van der Waals surface area contributed by atoms with Gasteiger partial charge in [-0.15, -0.1) is 0 Å². The molecule has 0 bridgehead atoms. The quantitative estimate of drug-likeness (QED) is 0.741. The molecule has 1 aromatic rings. The van der Waals surface area contributed by atoms with Crippen molar-refractivity contribution in [2.24, 2.45) is 5.92 Å². The van der Waals surface area contributed by atoms with E-state index in [2.05, 4.69) is 28.1 Å². The lowest BCUT2D eigenvalue weighted by Gasteiger charge is -2.41. The first-order valence-electron chi connectivity index (χ1n) is 11.7. The molecule has 166 valence electrons. The van der Waals surface area contributed by atoms with E-state index in [0.717, 1.165) is 70.8 Å². The smallest absolute Gasteiger partial charge is 0.223 e. The summed E-state index contributed by atoms with van der Waals surface area (Å²) in [5, 5.41) is 3.13. The molecule has 0 aliphatic carbocycles. The molecule has 0 radical (unpaired) electrons. The van der Waals surface area contributed by atoms with Crippen LogP contribution in [0.25, 0.3) is 6.08 Å². The maximum atomic E-state index is 12.5. The highest BCUT2D eigenvalue weighted by Gasteiger charge is 2.31. The van der Waals surface area contributed by atoms with Gasteiger partial charge >= 0.3 is 0 Å². The Bertz CT molecular complexity index is 681. The van der Waals surface area contributed by atoms with Gasteiger partial charge in [-0.25, -0.2) is 0 Å². The number of rotatable bonds is 7. The maximum Gasteiger partial charge on any atom is 0.223 e. The van der Waals surface area contributed by atoms with Gasteiger partial charge in [0.15, 0.2) is 0 Å². The predicted molar refractivity (Wildman–Crippen MR) is 118 cm³/mol. The Morgan fingerprint density at radius 2 is 1.97 bits per heavy atom. The van der Waals surface area contributed by atoms with Crippen molar-refractivity contribution >= 4 is 12.0 Å². The lowest BCUT2D eigenvalue weighted by atomic mass is 9.92. The van der Waals surface area contributed by atoms with Gasteiger partial charge in [-0.1, -0.05) is 5.57 Å². The molecule has 6 nitrogen and oxygen atoms in total. The summed E-state index contributed by atoms with van der Waals surface area (Å²) in [6, 6.07) is 4.61. The van der Waals surface area contributed by atoms with Gasteiger partial charge in [0, 0.05) is 31.7 Å². The van der Waals surface area contributed by atoms with E-state index in [4.69, 9.17) is 9.15 Å². The number of amides is 1. The first kappa shape index (κ1) is 21.6. The van der Waals surface area contributed by atoms with Crippen LogP contribution in [0.2, 0.25) is 0 Å². The van der Waals surface area contributed by atoms with Gasteiger partial charge in [0.25, 0.3) is 0 Å². The van der Waals surface area contributed by atoms with Crippen LogP contribution in [0.1, 0.15) is 51.2 Å². The first-order chi connectivity index (χ1) is 14.7. The Labute approximate surface area is 180 Å². The topological polar surface area (TPSA) is 58.0 Å². The first-order valence-corrected chi connectivity index (χ1v) is 11.7. The summed E-state index contributed by atoms with van der Waals surface area (Å²) in [7, 11) is 0. The number of hydrogen-bond acceptors (Lipinski definition) is 5. The lowest BCUT2D eigenvalue weighted by Crippen LogP contribution is -2.49. The second-order valence-corrected chi connectivity index (χ2v) is 9.20. The molecular formula is C24H37N3O3. The van der Waals surface area contributed by atoms with Crippen LogP contribution in [0, 0.1) is 5.92 Å².